The van der Waals surface area contributed by atoms with Crippen molar-refractivity contribution in [3.63, 3.8) is 0 Å². The van der Waals surface area contributed by atoms with Crippen molar-refractivity contribution in [3.05, 3.63) is 46.1 Å². The van der Waals surface area contributed by atoms with E-state index in [1.807, 2.05) is 10.2 Å². The first-order valence-electron chi connectivity index (χ1n) is 5.82. The average Bonchev–Trinajstić information content (AvgIpc) is 2.30. The van der Waals surface area contributed by atoms with Crippen LogP contribution in [0.4, 0.5) is 0 Å². The van der Waals surface area contributed by atoms with Crippen molar-refractivity contribution in [2.24, 2.45) is 0 Å². The van der Waals surface area contributed by atoms with E-state index in [9.17, 15) is 5.11 Å². The summed E-state index contributed by atoms with van der Waals surface area (Å²) in [6, 6.07) is 10.6. The third kappa shape index (κ3) is 6.28. The highest BCUT2D eigenvalue weighted by molar-refractivity contribution is 14.1. The van der Waals surface area contributed by atoms with Crippen LogP contribution in [0, 0.1) is 0 Å². The van der Waals surface area contributed by atoms with E-state index in [2.05, 4.69) is 52.9 Å². The van der Waals surface area contributed by atoms with E-state index < -0.39 is 0 Å². The summed E-state index contributed by atoms with van der Waals surface area (Å²) in [5, 5.41) is 9.47. The van der Waals surface area contributed by atoms with Crippen LogP contribution in [0.2, 0.25) is 0 Å². The minimum atomic E-state index is -0.256. The second-order valence-corrected chi connectivity index (χ2v) is 4.69. The number of aliphatic hydroxyl groups excluding tert-OH is 1. The molecule has 2 heteroatoms. The molecule has 1 atom stereocenters. The number of benzene rings is 1. The van der Waals surface area contributed by atoms with Gasteiger partial charge in [-0.3, -0.25) is 0 Å². The lowest BCUT2D eigenvalue weighted by molar-refractivity contribution is 0.208. The molecule has 0 heterocycles. The SMILES string of the molecule is OC(/C=C/I)CCCCCc1ccccc1. The van der Waals surface area contributed by atoms with Gasteiger partial charge in [0, 0.05) is 0 Å². The molecule has 0 bridgehead atoms. The van der Waals surface area contributed by atoms with E-state index in [-0.39, 0.29) is 6.10 Å². The van der Waals surface area contributed by atoms with Gasteiger partial charge < -0.3 is 5.11 Å². The highest BCUT2D eigenvalue weighted by Crippen LogP contribution is 2.09. The first kappa shape index (κ1) is 13.7. The van der Waals surface area contributed by atoms with Crippen molar-refractivity contribution < 1.29 is 5.11 Å². The van der Waals surface area contributed by atoms with Gasteiger partial charge in [-0.2, -0.15) is 0 Å². The fourth-order valence-electron chi connectivity index (χ4n) is 1.68. The van der Waals surface area contributed by atoms with Gasteiger partial charge in [0.15, 0.2) is 0 Å². The molecular formula is C14H19IO. The molecule has 0 aliphatic rings. The Hall–Kier alpha value is -0.350. The van der Waals surface area contributed by atoms with Crippen LogP contribution in [0.25, 0.3) is 0 Å². The minimum Gasteiger partial charge on any atom is -0.389 e. The molecule has 0 radical (unpaired) electrons. The third-order valence-corrected chi connectivity index (χ3v) is 3.02. The van der Waals surface area contributed by atoms with E-state index in [4.69, 9.17) is 0 Å². The number of hydrogen-bond donors (Lipinski definition) is 1. The fourth-order valence-corrected chi connectivity index (χ4v) is 2.16. The number of aliphatic hydroxyl groups is 1. The second-order valence-electron chi connectivity index (χ2n) is 3.97. The van der Waals surface area contributed by atoms with Crippen LogP contribution in [0.5, 0.6) is 0 Å². The molecule has 88 valence electrons. The van der Waals surface area contributed by atoms with E-state index in [1.165, 1.54) is 18.4 Å². The Labute approximate surface area is 112 Å². The Kier molecular flexibility index (Phi) is 7.51. The monoisotopic (exact) mass is 330 g/mol. The molecular weight excluding hydrogens is 311 g/mol. The minimum absolute atomic E-state index is 0.256. The predicted molar refractivity (Wildman–Crippen MR) is 77.8 cm³/mol. The Morgan fingerprint density at radius 3 is 2.56 bits per heavy atom. The van der Waals surface area contributed by atoms with E-state index >= 15 is 0 Å². The van der Waals surface area contributed by atoms with Crippen LogP contribution < -0.4 is 0 Å². The summed E-state index contributed by atoms with van der Waals surface area (Å²) in [7, 11) is 0. The zero-order chi connectivity index (χ0) is 11.6. The molecule has 0 aliphatic carbocycles. The smallest absolute Gasteiger partial charge is 0.0728 e. The van der Waals surface area contributed by atoms with Gasteiger partial charge in [0.2, 0.25) is 0 Å². The number of rotatable bonds is 7. The Morgan fingerprint density at radius 2 is 1.88 bits per heavy atom. The van der Waals surface area contributed by atoms with Crippen molar-refractivity contribution in [2.75, 3.05) is 0 Å². The predicted octanol–water partition coefficient (Wildman–Crippen LogP) is 4.10. The first-order valence-corrected chi connectivity index (χ1v) is 7.06. The molecule has 1 aromatic carbocycles. The topological polar surface area (TPSA) is 20.2 Å². The van der Waals surface area contributed by atoms with Crippen LogP contribution in [-0.4, -0.2) is 11.2 Å². The molecule has 0 saturated heterocycles. The summed E-state index contributed by atoms with van der Waals surface area (Å²) < 4.78 is 1.88. The van der Waals surface area contributed by atoms with Gasteiger partial charge in [0.05, 0.1) is 6.10 Å². The fraction of sp³-hybridized carbons (Fsp3) is 0.429. The molecule has 0 spiro atoms. The van der Waals surface area contributed by atoms with Gasteiger partial charge in [-0.1, -0.05) is 71.8 Å². The molecule has 1 rings (SSSR count). The summed E-state index contributed by atoms with van der Waals surface area (Å²) in [4.78, 5) is 0. The largest absolute Gasteiger partial charge is 0.389 e. The van der Waals surface area contributed by atoms with Crippen molar-refractivity contribution in [1.29, 1.82) is 0 Å². The third-order valence-electron chi connectivity index (χ3n) is 2.60. The molecule has 0 fully saturated rings. The Morgan fingerprint density at radius 1 is 1.12 bits per heavy atom. The van der Waals surface area contributed by atoms with Gasteiger partial charge in [0.25, 0.3) is 0 Å². The zero-order valence-corrected chi connectivity index (χ0v) is 11.6. The molecule has 1 unspecified atom stereocenters. The zero-order valence-electron chi connectivity index (χ0n) is 9.48. The average molecular weight is 330 g/mol. The summed E-state index contributed by atoms with van der Waals surface area (Å²) in [6.45, 7) is 0. The molecule has 1 aromatic rings. The van der Waals surface area contributed by atoms with Crippen LogP contribution >= 0.6 is 22.6 Å². The summed E-state index contributed by atoms with van der Waals surface area (Å²) in [5.41, 5.74) is 1.41. The van der Waals surface area contributed by atoms with Crippen LogP contribution in [-0.2, 0) is 6.42 Å². The molecule has 0 saturated carbocycles. The molecule has 16 heavy (non-hydrogen) atoms. The van der Waals surface area contributed by atoms with Crippen molar-refractivity contribution >= 4 is 22.6 Å². The summed E-state index contributed by atoms with van der Waals surface area (Å²) in [6.07, 6.45) is 7.14. The van der Waals surface area contributed by atoms with Gasteiger partial charge in [0.1, 0.15) is 0 Å². The molecule has 0 aromatic heterocycles. The summed E-state index contributed by atoms with van der Waals surface area (Å²) >= 11 is 2.14. The normalized spacial score (nSPS) is 13.1. The van der Waals surface area contributed by atoms with Crippen LogP contribution in [0.3, 0.4) is 0 Å². The van der Waals surface area contributed by atoms with Crippen molar-refractivity contribution in [1.82, 2.24) is 0 Å². The number of unbranched alkanes of at least 4 members (excludes halogenated alkanes) is 2. The van der Waals surface area contributed by atoms with Gasteiger partial charge in [-0.25, -0.2) is 0 Å². The van der Waals surface area contributed by atoms with Crippen molar-refractivity contribution in [2.45, 2.75) is 38.2 Å². The molecule has 0 amide bonds. The molecule has 0 aliphatic heterocycles. The van der Waals surface area contributed by atoms with Crippen molar-refractivity contribution in [3.8, 4) is 0 Å². The second kappa shape index (κ2) is 8.76. The van der Waals surface area contributed by atoms with Gasteiger partial charge in [-0.05, 0) is 28.9 Å². The molecule has 1 N–H and O–H groups in total. The number of halogens is 1. The van der Waals surface area contributed by atoms with E-state index in [0.717, 1.165) is 19.3 Å². The highest BCUT2D eigenvalue weighted by atomic mass is 127. The maximum atomic E-state index is 9.47. The first-order chi connectivity index (χ1) is 7.83. The maximum Gasteiger partial charge on any atom is 0.0728 e. The lowest BCUT2D eigenvalue weighted by Crippen LogP contribution is -2.00. The Bertz CT molecular complexity index is 295. The lowest BCUT2D eigenvalue weighted by Gasteiger charge is -2.05. The maximum absolute atomic E-state index is 9.47. The highest BCUT2D eigenvalue weighted by Gasteiger charge is 1.98. The van der Waals surface area contributed by atoms with Gasteiger partial charge in [-0.15, -0.1) is 0 Å². The van der Waals surface area contributed by atoms with E-state index in [0.29, 0.717) is 0 Å². The van der Waals surface area contributed by atoms with Crippen LogP contribution in [0.1, 0.15) is 31.2 Å². The van der Waals surface area contributed by atoms with E-state index in [1.54, 1.807) is 0 Å². The number of aryl methyl sites for hydroxylation is 1. The van der Waals surface area contributed by atoms with Crippen LogP contribution in [0.15, 0.2) is 40.5 Å². The van der Waals surface area contributed by atoms with Gasteiger partial charge >= 0.3 is 0 Å². The lowest BCUT2D eigenvalue weighted by atomic mass is 10.0. The standard InChI is InChI=1S/C14H19IO/c15-12-11-14(16)10-6-2-5-9-13-7-3-1-4-8-13/h1,3-4,7-8,11-12,14,16H,2,5-6,9-10H2/b12-11+. The molecule has 1 nitrogen and oxygen atoms in total. The Balaban J connectivity index is 2.04. The number of hydrogen-bond acceptors (Lipinski definition) is 1. The summed E-state index contributed by atoms with van der Waals surface area (Å²) in [5.74, 6) is 0. The quantitative estimate of drug-likeness (QED) is 0.589.